The Balaban J connectivity index is 3.33. The summed E-state index contributed by atoms with van der Waals surface area (Å²) < 4.78 is 0. The summed E-state index contributed by atoms with van der Waals surface area (Å²) in [4.78, 5) is 11.2. The number of carbonyl (C=O) groups excluding carboxylic acids is 1. The molecule has 0 amide bonds. The molecular formula is C11H22O. The maximum absolute atomic E-state index is 11.2. The number of hydrogen-bond acceptors (Lipinski definition) is 1. The van der Waals surface area contributed by atoms with Crippen molar-refractivity contribution < 1.29 is 4.79 Å². The van der Waals surface area contributed by atoms with Crippen molar-refractivity contribution in [3.05, 3.63) is 0 Å². The first-order valence-electron chi connectivity index (χ1n) is 5.22. The molecule has 1 atom stereocenters. The Hall–Kier alpha value is -0.330. The van der Waals surface area contributed by atoms with Crippen LogP contribution < -0.4 is 0 Å². The fraction of sp³-hybridized carbons (Fsp3) is 0.909. The van der Waals surface area contributed by atoms with Crippen LogP contribution in [0.2, 0.25) is 0 Å². The Morgan fingerprint density at radius 1 is 1.08 bits per heavy atom. The van der Waals surface area contributed by atoms with Crippen LogP contribution in [0.3, 0.4) is 0 Å². The van der Waals surface area contributed by atoms with E-state index in [9.17, 15) is 4.79 Å². The van der Waals surface area contributed by atoms with E-state index >= 15 is 0 Å². The van der Waals surface area contributed by atoms with Crippen molar-refractivity contribution in [2.75, 3.05) is 0 Å². The largest absolute Gasteiger partial charge is 0.300 e. The summed E-state index contributed by atoms with van der Waals surface area (Å²) in [5, 5.41) is 0. The zero-order valence-corrected chi connectivity index (χ0v) is 8.73. The molecule has 0 radical (unpaired) electrons. The van der Waals surface area contributed by atoms with Crippen molar-refractivity contribution >= 4 is 5.78 Å². The summed E-state index contributed by atoms with van der Waals surface area (Å²) in [5.74, 6) is 1.18. The summed E-state index contributed by atoms with van der Waals surface area (Å²) in [7, 11) is 0. The van der Waals surface area contributed by atoms with Gasteiger partial charge in [-0.05, 0) is 18.8 Å². The zero-order chi connectivity index (χ0) is 9.40. The van der Waals surface area contributed by atoms with Gasteiger partial charge in [-0.3, -0.25) is 4.79 Å². The van der Waals surface area contributed by atoms with E-state index in [0.717, 1.165) is 31.6 Å². The minimum atomic E-state index is 0.445. The molecule has 12 heavy (non-hydrogen) atoms. The predicted octanol–water partition coefficient (Wildman–Crippen LogP) is 3.57. The topological polar surface area (TPSA) is 17.1 Å². The highest BCUT2D eigenvalue weighted by Gasteiger charge is 2.04. The molecule has 0 heterocycles. The Labute approximate surface area is 76.6 Å². The third-order valence-corrected chi connectivity index (χ3v) is 2.23. The van der Waals surface area contributed by atoms with Crippen LogP contribution in [0.4, 0.5) is 0 Å². The summed E-state index contributed by atoms with van der Waals surface area (Å²) in [5.41, 5.74) is 0. The van der Waals surface area contributed by atoms with Crippen LogP contribution in [0.15, 0.2) is 0 Å². The average molecular weight is 170 g/mol. The van der Waals surface area contributed by atoms with Gasteiger partial charge in [-0.25, -0.2) is 0 Å². The van der Waals surface area contributed by atoms with Gasteiger partial charge in [-0.1, -0.05) is 33.6 Å². The molecule has 72 valence electrons. The fourth-order valence-corrected chi connectivity index (χ4v) is 1.45. The van der Waals surface area contributed by atoms with Gasteiger partial charge in [0.25, 0.3) is 0 Å². The standard InChI is InChI=1S/C11H22O/c1-4-6-10(3)8-9-11(12)7-5-2/h10H,4-9H2,1-3H3. The van der Waals surface area contributed by atoms with Crippen molar-refractivity contribution in [1.29, 1.82) is 0 Å². The van der Waals surface area contributed by atoms with Gasteiger partial charge in [0, 0.05) is 12.8 Å². The Kier molecular flexibility index (Phi) is 7.12. The highest BCUT2D eigenvalue weighted by Crippen LogP contribution is 2.13. The maximum atomic E-state index is 11.2. The number of carbonyl (C=O) groups is 1. The van der Waals surface area contributed by atoms with Gasteiger partial charge >= 0.3 is 0 Å². The number of ketones is 1. The van der Waals surface area contributed by atoms with Crippen LogP contribution in [0.25, 0.3) is 0 Å². The molecule has 0 N–H and O–H groups in total. The summed E-state index contributed by atoms with van der Waals surface area (Å²) >= 11 is 0. The van der Waals surface area contributed by atoms with Crippen molar-refractivity contribution in [1.82, 2.24) is 0 Å². The Morgan fingerprint density at radius 3 is 2.25 bits per heavy atom. The van der Waals surface area contributed by atoms with Gasteiger partial charge in [-0.15, -0.1) is 0 Å². The molecule has 0 aliphatic rings. The van der Waals surface area contributed by atoms with E-state index in [1.165, 1.54) is 12.8 Å². The highest BCUT2D eigenvalue weighted by molar-refractivity contribution is 5.78. The third-order valence-electron chi connectivity index (χ3n) is 2.23. The molecule has 0 aromatic heterocycles. The minimum absolute atomic E-state index is 0.445. The molecule has 1 unspecified atom stereocenters. The van der Waals surface area contributed by atoms with Crippen molar-refractivity contribution in [3.63, 3.8) is 0 Å². The summed E-state index contributed by atoms with van der Waals surface area (Å²) in [6.07, 6.45) is 6.17. The normalized spacial score (nSPS) is 12.9. The van der Waals surface area contributed by atoms with Crippen LogP contribution in [-0.2, 0) is 4.79 Å². The smallest absolute Gasteiger partial charge is 0.132 e. The fourth-order valence-electron chi connectivity index (χ4n) is 1.45. The molecule has 0 bridgehead atoms. The van der Waals surface area contributed by atoms with Crippen LogP contribution in [0.5, 0.6) is 0 Å². The lowest BCUT2D eigenvalue weighted by Crippen LogP contribution is -2.01. The molecule has 1 nitrogen and oxygen atoms in total. The van der Waals surface area contributed by atoms with Crippen LogP contribution in [-0.4, -0.2) is 5.78 Å². The SMILES string of the molecule is CCCC(=O)CCC(C)CCC. The van der Waals surface area contributed by atoms with E-state index < -0.39 is 0 Å². The second-order valence-corrected chi connectivity index (χ2v) is 3.72. The molecule has 1 heteroatoms. The first kappa shape index (κ1) is 11.7. The molecule has 0 saturated carbocycles. The van der Waals surface area contributed by atoms with E-state index in [0.29, 0.717) is 5.78 Å². The molecule has 0 rings (SSSR count). The number of rotatable bonds is 7. The highest BCUT2D eigenvalue weighted by atomic mass is 16.1. The Bertz CT molecular complexity index is 118. The quantitative estimate of drug-likeness (QED) is 0.571. The minimum Gasteiger partial charge on any atom is -0.300 e. The van der Waals surface area contributed by atoms with E-state index in [4.69, 9.17) is 0 Å². The first-order chi connectivity index (χ1) is 5.70. The van der Waals surface area contributed by atoms with Gasteiger partial charge in [0.05, 0.1) is 0 Å². The number of Topliss-reactive ketones (excluding diaryl/α,β-unsaturated/α-hetero) is 1. The maximum Gasteiger partial charge on any atom is 0.132 e. The molecule has 0 aliphatic heterocycles. The summed E-state index contributed by atoms with van der Waals surface area (Å²) in [6.45, 7) is 6.50. The molecule has 0 aromatic rings. The van der Waals surface area contributed by atoms with Gasteiger partial charge in [0.2, 0.25) is 0 Å². The molecule has 0 saturated heterocycles. The van der Waals surface area contributed by atoms with Crippen molar-refractivity contribution in [3.8, 4) is 0 Å². The lowest BCUT2D eigenvalue weighted by Gasteiger charge is -2.07. The van der Waals surface area contributed by atoms with E-state index in [-0.39, 0.29) is 0 Å². The van der Waals surface area contributed by atoms with Crippen molar-refractivity contribution in [2.24, 2.45) is 5.92 Å². The lowest BCUT2D eigenvalue weighted by atomic mass is 9.98. The number of hydrogen-bond donors (Lipinski definition) is 0. The third kappa shape index (κ3) is 6.38. The first-order valence-corrected chi connectivity index (χ1v) is 5.22. The van der Waals surface area contributed by atoms with Crippen LogP contribution in [0.1, 0.15) is 59.3 Å². The molecular weight excluding hydrogens is 148 g/mol. The van der Waals surface area contributed by atoms with E-state index in [1.54, 1.807) is 0 Å². The molecule has 0 aliphatic carbocycles. The lowest BCUT2D eigenvalue weighted by molar-refractivity contribution is -0.119. The van der Waals surface area contributed by atoms with E-state index in [2.05, 4.69) is 20.8 Å². The average Bonchev–Trinajstić information content (AvgIpc) is 2.02. The van der Waals surface area contributed by atoms with Crippen LogP contribution in [0, 0.1) is 5.92 Å². The van der Waals surface area contributed by atoms with Gasteiger partial charge < -0.3 is 0 Å². The van der Waals surface area contributed by atoms with Gasteiger partial charge in [-0.2, -0.15) is 0 Å². The van der Waals surface area contributed by atoms with Gasteiger partial charge in [0.1, 0.15) is 5.78 Å². The van der Waals surface area contributed by atoms with Crippen LogP contribution >= 0.6 is 0 Å². The predicted molar refractivity (Wildman–Crippen MR) is 53.2 cm³/mol. The molecule has 0 aromatic carbocycles. The van der Waals surface area contributed by atoms with Crippen molar-refractivity contribution in [2.45, 2.75) is 59.3 Å². The van der Waals surface area contributed by atoms with E-state index in [1.807, 2.05) is 0 Å². The van der Waals surface area contributed by atoms with Gasteiger partial charge in [0.15, 0.2) is 0 Å². The second kappa shape index (κ2) is 7.33. The monoisotopic (exact) mass is 170 g/mol. The molecule has 0 fully saturated rings. The second-order valence-electron chi connectivity index (χ2n) is 3.72. The molecule has 0 spiro atoms. The summed E-state index contributed by atoms with van der Waals surface area (Å²) in [6, 6.07) is 0. The Morgan fingerprint density at radius 2 is 1.75 bits per heavy atom. The zero-order valence-electron chi connectivity index (χ0n) is 8.73.